The molecular weight excluding hydrogens is 132 g/mol. The Kier molecular flexibility index (Phi) is 0.983. The quantitative estimate of drug-likeness (QED) is 0.459. The van der Waals surface area contributed by atoms with Crippen LogP contribution in [0.2, 0.25) is 0 Å². The summed E-state index contributed by atoms with van der Waals surface area (Å²) in [6, 6.07) is 0. The number of hydrogen-bond donors (Lipinski definition) is 3. The second kappa shape index (κ2) is 1.81. The Hall–Kier alpha value is -1.36. The van der Waals surface area contributed by atoms with E-state index in [2.05, 4.69) is 20.3 Å². The number of aromatic amines is 1. The summed E-state index contributed by atoms with van der Waals surface area (Å²) < 4.78 is 0. The highest BCUT2D eigenvalue weighted by Crippen LogP contribution is 2.20. The Morgan fingerprint density at radius 2 is 2.50 bits per heavy atom. The molecule has 1 atom stereocenters. The number of hydrogen-bond acceptors (Lipinski definition) is 4. The lowest BCUT2D eigenvalue weighted by Gasteiger charge is -2.11. The van der Waals surface area contributed by atoms with Crippen molar-refractivity contribution < 1.29 is 5.11 Å². The van der Waals surface area contributed by atoms with Gasteiger partial charge < -0.3 is 15.4 Å². The number of aliphatic hydroxyl groups is 1. The van der Waals surface area contributed by atoms with E-state index in [-0.39, 0.29) is 0 Å². The van der Waals surface area contributed by atoms with Crippen molar-refractivity contribution in [3.05, 3.63) is 12.0 Å². The van der Waals surface area contributed by atoms with Gasteiger partial charge in [-0.25, -0.2) is 9.98 Å². The van der Waals surface area contributed by atoms with Crippen molar-refractivity contribution in [2.45, 2.75) is 6.23 Å². The van der Waals surface area contributed by atoms with Crippen LogP contribution in [0.15, 0.2) is 11.3 Å². The van der Waals surface area contributed by atoms with Gasteiger partial charge in [0.05, 0.1) is 12.7 Å². The summed E-state index contributed by atoms with van der Waals surface area (Å²) >= 11 is 0. The topological polar surface area (TPSA) is 73.3 Å². The first-order valence-electron chi connectivity index (χ1n) is 2.88. The van der Waals surface area contributed by atoms with Crippen LogP contribution >= 0.6 is 0 Å². The maximum absolute atomic E-state index is 9.17. The fourth-order valence-electron chi connectivity index (χ4n) is 0.853. The zero-order valence-electron chi connectivity index (χ0n) is 5.07. The number of nitrogens with one attached hydrogen (secondary N) is 2. The van der Waals surface area contributed by atoms with Crippen molar-refractivity contribution in [3.63, 3.8) is 0 Å². The molecule has 0 saturated heterocycles. The van der Waals surface area contributed by atoms with E-state index in [1.165, 1.54) is 12.7 Å². The zero-order chi connectivity index (χ0) is 6.97. The molecule has 0 radical (unpaired) electrons. The van der Waals surface area contributed by atoms with Crippen LogP contribution in [0.3, 0.4) is 0 Å². The van der Waals surface area contributed by atoms with E-state index in [1.54, 1.807) is 0 Å². The molecule has 5 nitrogen and oxygen atoms in total. The molecular formula is C5H6N4O. The van der Waals surface area contributed by atoms with Crippen molar-refractivity contribution >= 4 is 12.2 Å². The van der Waals surface area contributed by atoms with Gasteiger partial charge in [-0.3, -0.25) is 0 Å². The summed E-state index contributed by atoms with van der Waals surface area (Å²) in [4.78, 5) is 10.5. The molecule has 1 aliphatic rings. The van der Waals surface area contributed by atoms with E-state index in [4.69, 9.17) is 5.11 Å². The second-order valence-electron chi connectivity index (χ2n) is 1.96. The van der Waals surface area contributed by atoms with Gasteiger partial charge in [-0.15, -0.1) is 0 Å². The Labute approximate surface area is 56.8 Å². The van der Waals surface area contributed by atoms with E-state index in [1.807, 2.05) is 0 Å². The number of fused-ring (bicyclic) bond motifs is 1. The first-order chi connectivity index (χ1) is 4.88. The minimum Gasteiger partial charge on any atom is -0.368 e. The number of rotatable bonds is 0. The molecule has 5 heteroatoms. The highest BCUT2D eigenvalue weighted by atomic mass is 16.3. The van der Waals surface area contributed by atoms with E-state index < -0.39 is 6.23 Å². The molecule has 1 aromatic rings. The molecule has 0 saturated carbocycles. The fraction of sp³-hybridized carbons (Fsp3) is 0.200. The third kappa shape index (κ3) is 0.608. The maximum atomic E-state index is 9.17. The maximum Gasteiger partial charge on any atom is 0.172 e. The van der Waals surface area contributed by atoms with Crippen LogP contribution in [0, 0.1) is 0 Å². The van der Waals surface area contributed by atoms with Gasteiger partial charge in [-0.1, -0.05) is 0 Å². The van der Waals surface area contributed by atoms with Crippen LogP contribution in [0.5, 0.6) is 0 Å². The number of aromatic nitrogens is 2. The van der Waals surface area contributed by atoms with Gasteiger partial charge >= 0.3 is 0 Å². The minimum absolute atomic E-state index is 0.544. The lowest BCUT2D eigenvalue weighted by Crippen LogP contribution is -2.22. The molecule has 10 heavy (non-hydrogen) atoms. The second-order valence-corrected chi connectivity index (χ2v) is 1.96. The molecule has 0 bridgehead atoms. The van der Waals surface area contributed by atoms with Crippen LogP contribution in [0.25, 0.3) is 0 Å². The molecule has 52 valence electrons. The number of imidazole rings is 1. The van der Waals surface area contributed by atoms with Crippen molar-refractivity contribution in [1.82, 2.24) is 15.3 Å². The Morgan fingerprint density at radius 1 is 1.60 bits per heavy atom. The highest BCUT2D eigenvalue weighted by molar-refractivity contribution is 5.64. The first kappa shape index (κ1) is 5.43. The van der Waals surface area contributed by atoms with Crippen molar-refractivity contribution in [1.29, 1.82) is 0 Å². The molecule has 0 fully saturated rings. The molecule has 0 spiro atoms. The lowest BCUT2D eigenvalue weighted by molar-refractivity contribution is 0.159. The summed E-state index contributed by atoms with van der Waals surface area (Å²) in [6.45, 7) is 0. The van der Waals surface area contributed by atoms with Gasteiger partial charge in [0.1, 0.15) is 5.69 Å². The van der Waals surface area contributed by atoms with Crippen molar-refractivity contribution in [2.24, 2.45) is 4.99 Å². The molecule has 1 aromatic heterocycles. The summed E-state index contributed by atoms with van der Waals surface area (Å²) in [7, 11) is 0. The summed E-state index contributed by atoms with van der Waals surface area (Å²) in [5, 5.41) is 11.8. The van der Waals surface area contributed by atoms with Gasteiger partial charge in [0, 0.05) is 0 Å². The minimum atomic E-state index is -0.723. The smallest absolute Gasteiger partial charge is 0.172 e. The normalized spacial score (nSPS) is 21.9. The van der Waals surface area contributed by atoms with Crippen molar-refractivity contribution in [3.8, 4) is 0 Å². The average Bonchev–Trinajstić information content (AvgIpc) is 2.36. The monoisotopic (exact) mass is 138 g/mol. The molecule has 0 amide bonds. The fourth-order valence-corrected chi connectivity index (χ4v) is 0.853. The molecule has 2 heterocycles. The number of nitrogens with zero attached hydrogens (tertiary/aromatic N) is 2. The van der Waals surface area contributed by atoms with Gasteiger partial charge in [0.15, 0.2) is 12.0 Å². The average molecular weight is 138 g/mol. The number of H-pyrrole nitrogens is 1. The molecule has 2 rings (SSSR count). The Bertz CT molecular complexity index is 266. The lowest BCUT2D eigenvalue weighted by atomic mass is 10.3. The van der Waals surface area contributed by atoms with Crippen LogP contribution < -0.4 is 5.32 Å². The van der Waals surface area contributed by atoms with E-state index in [0.29, 0.717) is 11.5 Å². The standard InChI is InChI=1S/C5H6N4O/c10-5-3-4(7-1-6-3)8-2-9-5/h1-2,5,10H,(H,6,7)(H,8,9). The third-order valence-corrected chi connectivity index (χ3v) is 1.33. The Morgan fingerprint density at radius 3 is 3.30 bits per heavy atom. The summed E-state index contributed by atoms with van der Waals surface area (Å²) in [5.74, 6) is 0.617. The van der Waals surface area contributed by atoms with Gasteiger partial charge in [0.25, 0.3) is 0 Å². The van der Waals surface area contributed by atoms with E-state index >= 15 is 0 Å². The van der Waals surface area contributed by atoms with Crippen LogP contribution in [0.4, 0.5) is 5.82 Å². The van der Waals surface area contributed by atoms with E-state index in [0.717, 1.165) is 0 Å². The molecule has 1 aliphatic heterocycles. The summed E-state index contributed by atoms with van der Waals surface area (Å²) in [6.07, 6.45) is 2.21. The van der Waals surface area contributed by atoms with E-state index in [9.17, 15) is 0 Å². The van der Waals surface area contributed by atoms with Gasteiger partial charge in [-0.2, -0.15) is 0 Å². The molecule has 3 N–H and O–H groups in total. The predicted octanol–water partition coefficient (Wildman–Crippen LogP) is -0.336. The largest absolute Gasteiger partial charge is 0.368 e. The van der Waals surface area contributed by atoms with Crippen LogP contribution in [-0.4, -0.2) is 21.4 Å². The third-order valence-electron chi connectivity index (χ3n) is 1.33. The van der Waals surface area contributed by atoms with Gasteiger partial charge in [-0.05, 0) is 0 Å². The highest BCUT2D eigenvalue weighted by Gasteiger charge is 2.16. The molecule has 1 unspecified atom stereocenters. The molecule has 0 aliphatic carbocycles. The van der Waals surface area contributed by atoms with Crippen LogP contribution in [-0.2, 0) is 0 Å². The molecule has 0 aromatic carbocycles. The summed E-state index contributed by atoms with van der Waals surface area (Å²) in [5.41, 5.74) is 0.544. The van der Waals surface area contributed by atoms with Crippen LogP contribution in [0.1, 0.15) is 11.9 Å². The Balaban J connectivity index is 2.52. The first-order valence-corrected chi connectivity index (χ1v) is 2.88. The number of aliphatic hydroxyl groups excluding tert-OH is 1. The SMILES string of the molecule is OC1NC=Nc2[nH]cnc21. The zero-order valence-corrected chi connectivity index (χ0v) is 5.07. The van der Waals surface area contributed by atoms with Crippen molar-refractivity contribution in [2.75, 3.05) is 0 Å². The van der Waals surface area contributed by atoms with Gasteiger partial charge in [0.2, 0.25) is 0 Å². The number of aliphatic imine (C=N–C) groups is 1. The predicted molar refractivity (Wildman–Crippen MR) is 34.8 cm³/mol.